The summed E-state index contributed by atoms with van der Waals surface area (Å²) in [6.07, 6.45) is 2.41. The van der Waals surface area contributed by atoms with E-state index in [-0.39, 0.29) is 12.1 Å². The maximum absolute atomic E-state index is 12.5. The van der Waals surface area contributed by atoms with Gasteiger partial charge in [-0.1, -0.05) is 23.2 Å². The first-order valence-corrected chi connectivity index (χ1v) is 8.07. The number of amides is 2. The molecule has 2 heterocycles. The van der Waals surface area contributed by atoms with Crippen LogP contribution in [0.1, 0.15) is 19.8 Å². The van der Waals surface area contributed by atoms with Crippen LogP contribution in [-0.4, -0.2) is 47.5 Å². The van der Waals surface area contributed by atoms with Crippen LogP contribution in [0.2, 0.25) is 10.0 Å². The summed E-state index contributed by atoms with van der Waals surface area (Å²) in [6, 6.07) is 5.73. The van der Waals surface area contributed by atoms with Crippen molar-refractivity contribution in [3.8, 4) is 0 Å². The number of anilines is 1. The van der Waals surface area contributed by atoms with Gasteiger partial charge in [0.25, 0.3) is 0 Å². The van der Waals surface area contributed by atoms with Crippen LogP contribution in [0.4, 0.5) is 10.5 Å². The zero-order chi connectivity index (χ0) is 15.0. The number of nitrogens with zero attached hydrogens (tertiary/aromatic N) is 2. The van der Waals surface area contributed by atoms with E-state index in [0.29, 0.717) is 21.8 Å². The van der Waals surface area contributed by atoms with Crippen molar-refractivity contribution in [2.75, 3.05) is 25.0 Å². The maximum atomic E-state index is 12.5. The molecule has 0 bridgehead atoms. The fraction of sp³-hybridized carbons (Fsp3) is 0.533. The van der Waals surface area contributed by atoms with Crippen LogP contribution in [0, 0.1) is 0 Å². The molecule has 2 aliphatic heterocycles. The zero-order valence-electron chi connectivity index (χ0n) is 12.0. The quantitative estimate of drug-likeness (QED) is 0.853. The molecule has 0 radical (unpaired) electrons. The van der Waals surface area contributed by atoms with E-state index in [0.717, 1.165) is 19.6 Å². The molecule has 2 aliphatic rings. The third kappa shape index (κ3) is 3.12. The van der Waals surface area contributed by atoms with Crippen LogP contribution in [0.25, 0.3) is 0 Å². The van der Waals surface area contributed by atoms with Crippen molar-refractivity contribution in [3.05, 3.63) is 28.2 Å². The Labute approximate surface area is 135 Å². The molecule has 0 aliphatic carbocycles. The molecule has 21 heavy (non-hydrogen) atoms. The molecule has 6 heteroatoms. The summed E-state index contributed by atoms with van der Waals surface area (Å²) in [5, 5.41) is 3.92. The predicted molar refractivity (Wildman–Crippen MR) is 86.2 cm³/mol. The number of hydrogen-bond donors (Lipinski definition) is 1. The standard InChI is InChI=1S/C15H19Cl2N3O/c1-10-8-19-6-2-3-12(19)9-20(10)15(21)18-14-5-4-11(16)7-13(14)17/h4-5,7,10,12H,2-3,6,8-9H2,1H3,(H,18,21)/t10-,12+/m1/s1. The minimum Gasteiger partial charge on any atom is -0.319 e. The molecule has 0 saturated carbocycles. The third-order valence-electron chi connectivity index (χ3n) is 4.37. The number of benzene rings is 1. The third-order valence-corrected chi connectivity index (χ3v) is 4.92. The van der Waals surface area contributed by atoms with Gasteiger partial charge in [0.2, 0.25) is 0 Å². The van der Waals surface area contributed by atoms with Crippen molar-refractivity contribution in [3.63, 3.8) is 0 Å². The molecular weight excluding hydrogens is 309 g/mol. The van der Waals surface area contributed by atoms with E-state index in [1.165, 1.54) is 12.8 Å². The van der Waals surface area contributed by atoms with Crippen molar-refractivity contribution < 1.29 is 4.79 Å². The molecule has 2 atom stereocenters. The fourth-order valence-corrected chi connectivity index (χ4v) is 3.70. The summed E-state index contributed by atoms with van der Waals surface area (Å²) in [5.41, 5.74) is 0.604. The highest BCUT2D eigenvalue weighted by atomic mass is 35.5. The summed E-state index contributed by atoms with van der Waals surface area (Å²) in [5.74, 6) is 0. The van der Waals surface area contributed by atoms with E-state index < -0.39 is 0 Å². The molecule has 1 aromatic carbocycles. The smallest absolute Gasteiger partial charge is 0.319 e. The molecule has 0 aromatic heterocycles. The summed E-state index contributed by atoms with van der Waals surface area (Å²) in [4.78, 5) is 16.9. The van der Waals surface area contributed by atoms with E-state index in [1.807, 2.05) is 4.90 Å². The lowest BCUT2D eigenvalue weighted by molar-refractivity contribution is 0.0861. The Balaban J connectivity index is 1.69. The van der Waals surface area contributed by atoms with Crippen molar-refractivity contribution >= 4 is 34.9 Å². The first-order valence-electron chi connectivity index (χ1n) is 7.31. The highest BCUT2D eigenvalue weighted by molar-refractivity contribution is 6.36. The number of nitrogens with one attached hydrogen (secondary N) is 1. The number of hydrogen-bond acceptors (Lipinski definition) is 2. The van der Waals surface area contributed by atoms with Crippen LogP contribution in [0.15, 0.2) is 18.2 Å². The lowest BCUT2D eigenvalue weighted by Crippen LogP contribution is -2.57. The van der Waals surface area contributed by atoms with Gasteiger partial charge in [0.1, 0.15) is 0 Å². The van der Waals surface area contributed by atoms with E-state index in [4.69, 9.17) is 23.2 Å². The van der Waals surface area contributed by atoms with Gasteiger partial charge in [-0.3, -0.25) is 4.90 Å². The van der Waals surface area contributed by atoms with Gasteiger partial charge in [0, 0.05) is 30.2 Å². The van der Waals surface area contributed by atoms with Gasteiger partial charge in [0.05, 0.1) is 10.7 Å². The number of piperazine rings is 1. The lowest BCUT2D eigenvalue weighted by Gasteiger charge is -2.42. The average Bonchev–Trinajstić information content (AvgIpc) is 2.88. The number of carbonyl (C=O) groups excluding carboxylic acids is 1. The van der Waals surface area contributed by atoms with Crippen molar-refractivity contribution in [2.45, 2.75) is 31.8 Å². The highest BCUT2D eigenvalue weighted by Crippen LogP contribution is 2.28. The molecule has 3 rings (SSSR count). The highest BCUT2D eigenvalue weighted by Gasteiger charge is 2.36. The Bertz CT molecular complexity index is 552. The minimum absolute atomic E-state index is 0.0849. The number of fused-ring (bicyclic) bond motifs is 1. The number of carbonyl (C=O) groups is 1. The molecule has 1 N–H and O–H groups in total. The first kappa shape index (κ1) is 14.9. The molecule has 2 fully saturated rings. The van der Waals surface area contributed by atoms with E-state index in [9.17, 15) is 4.79 Å². The van der Waals surface area contributed by atoms with Gasteiger partial charge < -0.3 is 10.2 Å². The normalized spacial score (nSPS) is 25.8. The Hall–Kier alpha value is -0.970. The topological polar surface area (TPSA) is 35.6 Å². The van der Waals surface area contributed by atoms with Crippen LogP contribution in [0.3, 0.4) is 0 Å². The van der Waals surface area contributed by atoms with E-state index in [1.54, 1.807) is 18.2 Å². The average molecular weight is 328 g/mol. The zero-order valence-corrected chi connectivity index (χ0v) is 13.5. The number of rotatable bonds is 1. The maximum Gasteiger partial charge on any atom is 0.322 e. The molecule has 0 unspecified atom stereocenters. The predicted octanol–water partition coefficient (Wildman–Crippen LogP) is 3.69. The van der Waals surface area contributed by atoms with Gasteiger partial charge in [-0.15, -0.1) is 0 Å². The summed E-state index contributed by atoms with van der Waals surface area (Å²) < 4.78 is 0. The van der Waals surface area contributed by atoms with Gasteiger partial charge in [-0.25, -0.2) is 4.79 Å². The molecular formula is C15H19Cl2N3O. The van der Waals surface area contributed by atoms with Crippen LogP contribution < -0.4 is 5.32 Å². The summed E-state index contributed by atoms with van der Waals surface area (Å²) >= 11 is 12.0. The van der Waals surface area contributed by atoms with E-state index >= 15 is 0 Å². The number of halogens is 2. The fourth-order valence-electron chi connectivity index (χ4n) is 3.25. The Morgan fingerprint density at radius 2 is 2.14 bits per heavy atom. The van der Waals surface area contributed by atoms with E-state index in [2.05, 4.69) is 17.1 Å². The van der Waals surface area contributed by atoms with Crippen molar-refractivity contribution in [1.82, 2.24) is 9.80 Å². The van der Waals surface area contributed by atoms with Gasteiger partial charge in [-0.05, 0) is 44.5 Å². The molecule has 1 aromatic rings. The minimum atomic E-state index is -0.0849. The van der Waals surface area contributed by atoms with Gasteiger partial charge in [0.15, 0.2) is 0 Å². The second-order valence-corrected chi connectivity index (χ2v) is 6.69. The Kier molecular flexibility index (Phi) is 4.29. The van der Waals surface area contributed by atoms with Crippen molar-refractivity contribution in [2.24, 2.45) is 0 Å². The molecule has 0 spiro atoms. The summed E-state index contributed by atoms with van der Waals surface area (Å²) in [7, 11) is 0. The SMILES string of the molecule is C[C@@H]1CN2CCC[C@H]2CN1C(=O)Nc1ccc(Cl)cc1Cl. The summed E-state index contributed by atoms with van der Waals surface area (Å²) in [6.45, 7) is 5.00. The van der Waals surface area contributed by atoms with Crippen molar-refractivity contribution in [1.29, 1.82) is 0 Å². The molecule has 114 valence electrons. The van der Waals surface area contributed by atoms with Gasteiger partial charge in [-0.2, -0.15) is 0 Å². The Morgan fingerprint density at radius 3 is 2.90 bits per heavy atom. The first-order chi connectivity index (χ1) is 10.0. The second kappa shape index (κ2) is 6.03. The monoisotopic (exact) mass is 327 g/mol. The molecule has 4 nitrogen and oxygen atoms in total. The largest absolute Gasteiger partial charge is 0.322 e. The van der Waals surface area contributed by atoms with Gasteiger partial charge >= 0.3 is 6.03 Å². The van der Waals surface area contributed by atoms with Crippen LogP contribution >= 0.6 is 23.2 Å². The Morgan fingerprint density at radius 1 is 1.33 bits per heavy atom. The number of urea groups is 1. The van der Waals surface area contributed by atoms with Crippen LogP contribution in [0.5, 0.6) is 0 Å². The van der Waals surface area contributed by atoms with Crippen LogP contribution in [-0.2, 0) is 0 Å². The molecule has 2 saturated heterocycles. The molecule has 2 amide bonds. The lowest BCUT2D eigenvalue weighted by atomic mass is 10.1. The second-order valence-electron chi connectivity index (χ2n) is 5.85.